The third kappa shape index (κ3) is 2.69. The maximum absolute atomic E-state index is 11.6. The van der Waals surface area contributed by atoms with Crippen molar-refractivity contribution < 1.29 is 4.79 Å². The number of hydrogen-bond donors (Lipinski definition) is 2. The number of benzene rings is 2. The maximum Gasteiger partial charge on any atom is 0.248 e. The van der Waals surface area contributed by atoms with Gasteiger partial charge >= 0.3 is 0 Å². The summed E-state index contributed by atoms with van der Waals surface area (Å²) >= 11 is 0. The second-order valence-corrected chi connectivity index (χ2v) is 6.45. The quantitative estimate of drug-likeness (QED) is 0.773. The number of likely N-dealkylation sites (tertiary alicyclic amines) is 1. The number of primary amides is 1. The SMILES string of the molecule is NC(=O)c1ccc2[nH]c(-c3ccccc3)c(CN3CCCC3)c2c1. The first kappa shape index (κ1) is 15.0. The van der Waals surface area contributed by atoms with Crippen molar-refractivity contribution in [3.63, 3.8) is 0 Å². The van der Waals surface area contributed by atoms with E-state index in [1.54, 1.807) is 6.07 Å². The Morgan fingerprint density at radius 1 is 1.08 bits per heavy atom. The van der Waals surface area contributed by atoms with E-state index in [2.05, 4.69) is 34.1 Å². The second kappa shape index (κ2) is 6.13. The Kier molecular flexibility index (Phi) is 3.82. The molecule has 1 aliphatic rings. The van der Waals surface area contributed by atoms with Crippen LogP contribution in [0.15, 0.2) is 48.5 Å². The highest BCUT2D eigenvalue weighted by atomic mass is 16.1. The van der Waals surface area contributed by atoms with Gasteiger partial charge in [-0.05, 0) is 55.3 Å². The molecule has 0 atom stereocenters. The first-order valence-corrected chi connectivity index (χ1v) is 8.44. The fourth-order valence-electron chi connectivity index (χ4n) is 3.58. The van der Waals surface area contributed by atoms with Crippen LogP contribution in [0.5, 0.6) is 0 Å². The minimum Gasteiger partial charge on any atom is -0.366 e. The Hall–Kier alpha value is -2.59. The average molecular weight is 319 g/mol. The molecule has 1 aliphatic heterocycles. The Bertz CT molecular complexity index is 877. The molecular weight excluding hydrogens is 298 g/mol. The van der Waals surface area contributed by atoms with Gasteiger partial charge in [-0.25, -0.2) is 0 Å². The summed E-state index contributed by atoms with van der Waals surface area (Å²) in [6, 6.07) is 16.0. The van der Waals surface area contributed by atoms with Gasteiger partial charge < -0.3 is 10.7 Å². The summed E-state index contributed by atoms with van der Waals surface area (Å²) in [4.78, 5) is 17.6. The highest BCUT2D eigenvalue weighted by Crippen LogP contribution is 2.32. The molecule has 0 spiro atoms. The molecule has 0 aliphatic carbocycles. The van der Waals surface area contributed by atoms with E-state index in [0.29, 0.717) is 5.56 Å². The second-order valence-electron chi connectivity index (χ2n) is 6.45. The number of nitrogens with two attached hydrogens (primary N) is 1. The van der Waals surface area contributed by atoms with Gasteiger partial charge in [-0.1, -0.05) is 30.3 Å². The molecule has 2 heterocycles. The lowest BCUT2D eigenvalue weighted by Crippen LogP contribution is -2.18. The number of nitrogens with zero attached hydrogens (tertiary/aromatic N) is 1. The number of fused-ring (bicyclic) bond motifs is 1. The maximum atomic E-state index is 11.6. The van der Waals surface area contributed by atoms with Crippen molar-refractivity contribution in [2.24, 2.45) is 5.73 Å². The third-order valence-electron chi connectivity index (χ3n) is 4.83. The van der Waals surface area contributed by atoms with Crippen LogP contribution in [0.2, 0.25) is 0 Å². The summed E-state index contributed by atoms with van der Waals surface area (Å²) < 4.78 is 0. The highest BCUT2D eigenvalue weighted by Gasteiger charge is 2.19. The van der Waals surface area contributed by atoms with Crippen LogP contribution in [0.3, 0.4) is 0 Å². The van der Waals surface area contributed by atoms with E-state index in [1.807, 2.05) is 18.2 Å². The van der Waals surface area contributed by atoms with E-state index < -0.39 is 0 Å². The molecule has 4 rings (SSSR count). The van der Waals surface area contributed by atoms with Gasteiger partial charge in [0.15, 0.2) is 0 Å². The number of rotatable bonds is 4. The minimum absolute atomic E-state index is 0.383. The summed E-state index contributed by atoms with van der Waals surface area (Å²) in [5.74, 6) is -0.383. The lowest BCUT2D eigenvalue weighted by Gasteiger charge is -2.15. The summed E-state index contributed by atoms with van der Waals surface area (Å²) in [7, 11) is 0. The number of aromatic nitrogens is 1. The predicted octanol–water partition coefficient (Wildman–Crippen LogP) is 3.53. The van der Waals surface area contributed by atoms with Gasteiger partial charge in [-0.3, -0.25) is 9.69 Å². The number of nitrogens with one attached hydrogen (secondary N) is 1. The van der Waals surface area contributed by atoms with Crippen LogP contribution < -0.4 is 5.73 Å². The van der Waals surface area contributed by atoms with Crippen molar-refractivity contribution in [1.82, 2.24) is 9.88 Å². The molecule has 122 valence electrons. The molecule has 2 aromatic carbocycles. The van der Waals surface area contributed by atoms with Gasteiger partial charge in [0.2, 0.25) is 5.91 Å². The zero-order valence-corrected chi connectivity index (χ0v) is 13.6. The average Bonchev–Trinajstić information content (AvgIpc) is 3.24. The van der Waals surface area contributed by atoms with Crippen LogP contribution in [-0.2, 0) is 6.54 Å². The van der Waals surface area contributed by atoms with E-state index in [-0.39, 0.29) is 5.91 Å². The van der Waals surface area contributed by atoms with Crippen molar-refractivity contribution in [1.29, 1.82) is 0 Å². The molecule has 0 radical (unpaired) electrons. The topological polar surface area (TPSA) is 62.1 Å². The molecule has 4 heteroatoms. The number of hydrogen-bond acceptors (Lipinski definition) is 2. The molecule has 3 N–H and O–H groups in total. The van der Waals surface area contributed by atoms with E-state index in [1.165, 1.54) is 24.0 Å². The molecule has 0 bridgehead atoms. The number of amides is 1. The Labute approximate surface area is 141 Å². The Balaban J connectivity index is 1.88. The van der Waals surface area contributed by atoms with Gasteiger partial charge in [0.05, 0.1) is 5.69 Å². The van der Waals surface area contributed by atoms with Crippen molar-refractivity contribution in [2.75, 3.05) is 13.1 Å². The zero-order chi connectivity index (χ0) is 16.5. The molecule has 4 nitrogen and oxygen atoms in total. The normalized spacial score (nSPS) is 15.2. The van der Waals surface area contributed by atoms with Crippen LogP contribution >= 0.6 is 0 Å². The van der Waals surface area contributed by atoms with Gasteiger partial charge in [0.1, 0.15) is 0 Å². The fourth-order valence-corrected chi connectivity index (χ4v) is 3.58. The molecule has 1 saturated heterocycles. The summed E-state index contributed by atoms with van der Waals surface area (Å²) in [5, 5.41) is 1.09. The molecule has 1 aromatic heterocycles. The van der Waals surface area contributed by atoms with Crippen molar-refractivity contribution >= 4 is 16.8 Å². The predicted molar refractivity (Wildman–Crippen MR) is 96.8 cm³/mol. The van der Waals surface area contributed by atoms with Gasteiger partial charge in [0, 0.05) is 23.0 Å². The van der Waals surface area contributed by atoms with E-state index in [0.717, 1.165) is 36.2 Å². The fraction of sp³-hybridized carbons (Fsp3) is 0.250. The van der Waals surface area contributed by atoms with Crippen LogP contribution in [0.4, 0.5) is 0 Å². The lowest BCUT2D eigenvalue weighted by atomic mass is 10.0. The highest BCUT2D eigenvalue weighted by molar-refractivity contribution is 5.99. The number of carbonyl (C=O) groups excluding carboxylic acids is 1. The van der Waals surface area contributed by atoms with Crippen LogP contribution in [0, 0.1) is 0 Å². The summed E-state index contributed by atoms with van der Waals surface area (Å²) in [6.07, 6.45) is 2.52. The molecular formula is C20H21N3O. The summed E-state index contributed by atoms with van der Waals surface area (Å²) in [5.41, 5.74) is 10.6. The largest absolute Gasteiger partial charge is 0.366 e. The van der Waals surface area contributed by atoms with Gasteiger partial charge in [-0.2, -0.15) is 0 Å². The Morgan fingerprint density at radius 2 is 1.83 bits per heavy atom. The van der Waals surface area contributed by atoms with Crippen molar-refractivity contribution in [2.45, 2.75) is 19.4 Å². The van der Waals surface area contributed by atoms with Gasteiger partial charge in [0.25, 0.3) is 0 Å². The van der Waals surface area contributed by atoms with Crippen LogP contribution in [0.25, 0.3) is 22.2 Å². The first-order chi connectivity index (χ1) is 11.7. The standard InChI is InChI=1S/C20H21N3O/c21-20(24)15-8-9-18-16(12-15)17(13-23-10-4-5-11-23)19(22-18)14-6-2-1-3-7-14/h1-3,6-9,12,22H,4-5,10-11,13H2,(H2,21,24). The molecule has 24 heavy (non-hydrogen) atoms. The number of carbonyl (C=O) groups is 1. The molecule has 3 aromatic rings. The van der Waals surface area contributed by atoms with Crippen molar-refractivity contribution in [3.05, 3.63) is 59.7 Å². The number of aromatic amines is 1. The zero-order valence-electron chi connectivity index (χ0n) is 13.6. The van der Waals surface area contributed by atoms with E-state index >= 15 is 0 Å². The summed E-state index contributed by atoms with van der Waals surface area (Å²) in [6.45, 7) is 3.17. The monoisotopic (exact) mass is 319 g/mol. The first-order valence-electron chi connectivity index (χ1n) is 8.44. The molecule has 1 amide bonds. The van der Waals surface area contributed by atoms with E-state index in [4.69, 9.17) is 5.73 Å². The Morgan fingerprint density at radius 3 is 2.54 bits per heavy atom. The van der Waals surface area contributed by atoms with Crippen LogP contribution in [0.1, 0.15) is 28.8 Å². The van der Waals surface area contributed by atoms with Gasteiger partial charge in [-0.15, -0.1) is 0 Å². The number of H-pyrrole nitrogens is 1. The van der Waals surface area contributed by atoms with Crippen molar-refractivity contribution in [3.8, 4) is 11.3 Å². The smallest absolute Gasteiger partial charge is 0.248 e. The van der Waals surface area contributed by atoms with Crippen LogP contribution in [-0.4, -0.2) is 28.9 Å². The third-order valence-corrected chi connectivity index (χ3v) is 4.83. The molecule has 0 unspecified atom stereocenters. The van der Waals surface area contributed by atoms with E-state index in [9.17, 15) is 4.79 Å². The lowest BCUT2D eigenvalue weighted by molar-refractivity contribution is 0.100. The molecule has 1 fully saturated rings. The molecule has 0 saturated carbocycles. The minimum atomic E-state index is -0.383.